The van der Waals surface area contributed by atoms with Gasteiger partial charge in [0.1, 0.15) is 24.2 Å². The molecule has 0 spiro atoms. The van der Waals surface area contributed by atoms with E-state index in [-0.39, 0.29) is 62.0 Å². The normalized spacial score (nSPS) is 22.4. The van der Waals surface area contributed by atoms with E-state index < -0.39 is 95.6 Å². The quantitative estimate of drug-likeness (QED) is 0.0859. The first-order valence-corrected chi connectivity index (χ1v) is 25.6. The minimum atomic E-state index is -1.12. The van der Waals surface area contributed by atoms with E-state index in [4.69, 9.17) is 12.8 Å². The van der Waals surface area contributed by atoms with Crippen molar-refractivity contribution in [1.29, 1.82) is 0 Å². The average Bonchev–Trinajstić information content (AvgIpc) is 4.04. The highest BCUT2D eigenvalue weighted by Gasteiger charge is 2.45. The minimum Gasteiger partial charge on any atom is -0.347 e. The van der Waals surface area contributed by atoms with Crippen molar-refractivity contribution in [1.82, 2.24) is 52.3 Å². The van der Waals surface area contributed by atoms with Crippen molar-refractivity contribution < 1.29 is 38.4 Å². The van der Waals surface area contributed by atoms with Gasteiger partial charge in [-0.3, -0.25) is 38.4 Å². The Kier molecular flexibility index (Phi) is 18.3. The molecule has 3 aromatic rings. The molecule has 390 valence electrons. The molecule has 2 unspecified atom stereocenters. The van der Waals surface area contributed by atoms with Gasteiger partial charge in [0.05, 0.1) is 24.2 Å². The van der Waals surface area contributed by atoms with Gasteiger partial charge in [-0.2, -0.15) is 0 Å². The van der Waals surface area contributed by atoms with E-state index in [0.29, 0.717) is 12.8 Å². The lowest BCUT2D eigenvalue weighted by molar-refractivity contribution is -0.141. The molecule has 8 N–H and O–H groups in total. The van der Waals surface area contributed by atoms with E-state index in [2.05, 4.69) is 54.4 Å². The summed E-state index contributed by atoms with van der Waals surface area (Å²) in [5.41, 5.74) is 4.74. The fraction of sp³-hybridized carbons (Fsp3) is 0.464. The summed E-state index contributed by atoms with van der Waals surface area (Å²) in [5, 5.41) is 23.4. The van der Waals surface area contributed by atoms with Crippen molar-refractivity contribution in [3.8, 4) is 24.7 Å². The summed E-state index contributed by atoms with van der Waals surface area (Å²) in [5.74, 6) is 1.15. The van der Waals surface area contributed by atoms with Crippen LogP contribution in [0.15, 0.2) is 72.8 Å². The van der Waals surface area contributed by atoms with Gasteiger partial charge >= 0.3 is 0 Å². The lowest BCUT2D eigenvalue weighted by atomic mass is 9.87. The molecule has 2 aliphatic carbocycles. The van der Waals surface area contributed by atoms with E-state index in [0.717, 1.165) is 47.9 Å². The van der Waals surface area contributed by atoms with E-state index in [1.165, 1.54) is 34.1 Å². The van der Waals surface area contributed by atoms with Crippen molar-refractivity contribution in [2.45, 2.75) is 138 Å². The highest BCUT2D eigenvalue weighted by atomic mass is 16.2. The maximum Gasteiger partial charge on any atom is 0.251 e. The van der Waals surface area contributed by atoms with E-state index in [1.807, 2.05) is 48.5 Å². The van der Waals surface area contributed by atoms with Gasteiger partial charge in [0, 0.05) is 49.1 Å². The summed E-state index contributed by atoms with van der Waals surface area (Å²) in [6, 6.07) is 14.4. The number of terminal acetylenes is 2. The third-order valence-corrected chi connectivity index (χ3v) is 14.8. The number of amides is 8. The number of hydrogen-bond acceptors (Lipinski definition) is 10. The molecule has 3 aromatic carbocycles. The van der Waals surface area contributed by atoms with Gasteiger partial charge < -0.3 is 52.3 Å². The predicted molar refractivity (Wildman–Crippen MR) is 278 cm³/mol. The fourth-order valence-electron chi connectivity index (χ4n) is 10.4. The van der Waals surface area contributed by atoms with Gasteiger partial charge in [-0.1, -0.05) is 48.5 Å². The lowest BCUT2D eigenvalue weighted by Crippen LogP contribution is -2.55. The van der Waals surface area contributed by atoms with Crippen LogP contribution < -0.4 is 42.5 Å². The van der Waals surface area contributed by atoms with Crippen LogP contribution in [0.3, 0.4) is 0 Å². The zero-order chi connectivity index (χ0) is 53.1. The number of nitrogens with one attached hydrogen (secondary N) is 8. The third kappa shape index (κ3) is 12.8. The van der Waals surface area contributed by atoms with Crippen LogP contribution in [-0.2, 0) is 41.6 Å². The summed E-state index contributed by atoms with van der Waals surface area (Å²) in [4.78, 5) is 113. The molecule has 18 heteroatoms. The Morgan fingerprint density at radius 3 is 1.31 bits per heavy atom. The van der Waals surface area contributed by atoms with E-state index >= 15 is 0 Å². The number of carbonyl (C=O) groups excluding carboxylic acids is 8. The summed E-state index contributed by atoms with van der Waals surface area (Å²) >= 11 is 0. The molecular formula is C56H68N10O8. The summed E-state index contributed by atoms with van der Waals surface area (Å²) < 4.78 is 0. The number of likely N-dealkylation sites (N-methyl/N-ethyl adjacent to an activating group) is 2. The highest BCUT2D eigenvalue weighted by Crippen LogP contribution is 2.32. The molecule has 0 radical (unpaired) electrons. The second-order valence-electron chi connectivity index (χ2n) is 19.7. The maximum absolute atomic E-state index is 14.3. The number of likely N-dealkylation sites (tertiary alicyclic amines) is 2. The lowest BCUT2D eigenvalue weighted by Gasteiger charge is -2.31. The van der Waals surface area contributed by atoms with Crippen LogP contribution in [0.1, 0.15) is 120 Å². The molecule has 18 nitrogen and oxygen atoms in total. The van der Waals surface area contributed by atoms with E-state index in [1.54, 1.807) is 27.9 Å². The first kappa shape index (κ1) is 54.2. The Morgan fingerprint density at radius 1 is 0.568 bits per heavy atom. The number of carbonyl (C=O) groups is 8. The van der Waals surface area contributed by atoms with Crippen LogP contribution in [0.5, 0.6) is 0 Å². The molecule has 8 amide bonds. The third-order valence-electron chi connectivity index (χ3n) is 14.8. The minimum absolute atomic E-state index is 0.0400. The Bertz CT molecular complexity index is 2500. The van der Waals surface area contributed by atoms with Gasteiger partial charge in [-0.15, -0.1) is 24.7 Å². The van der Waals surface area contributed by atoms with Gasteiger partial charge in [0.2, 0.25) is 35.4 Å². The van der Waals surface area contributed by atoms with Crippen molar-refractivity contribution in [2.24, 2.45) is 0 Å². The maximum atomic E-state index is 14.3. The molecular weight excluding hydrogens is 941 g/mol. The van der Waals surface area contributed by atoms with Gasteiger partial charge in [0.25, 0.3) is 11.8 Å². The number of nitrogens with zero attached hydrogens (tertiary/aromatic N) is 2. The first-order chi connectivity index (χ1) is 35.6. The Morgan fingerprint density at radius 2 is 0.946 bits per heavy atom. The average molecular weight is 1010 g/mol. The summed E-state index contributed by atoms with van der Waals surface area (Å²) in [6.07, 6.45) is 16.2. The molecule has 2 heterocycles. The number of hydrogen-bond donors (Lipinski definition) is 8. The van der Waals surface area contributed by atoms with Crippen LogP contribution >= 0.6 is 0 Å². The molecule has 2 saturated heterocycles. The van der Waals surface area contributed by atoms with Crippen LogP contribution in [-0.4, -0.2) is 133 Å². The molecule has 10 atom stereocenters. The second kappa shape index (κ2) is 24.9. The molecule has 2 aliphatic heterocycles. The second-order valence-corrected chi connectivity index (χ2v) is 19.7. The van der Waals surface area contributed by atoms with Crippen LogP contribution in [0, 0.1) is 24.7 Å². The Hall–Kier alpha value is -7.54. The molecule has 4 aliphatic rings. The van der Waals surface area contributed by atoms with Gasteiger partial charge in [-0.05, 0) is 126 Å². The predicted octanol–water partition coefficient (Wildman–Crippen LogP) is 1.70. The number of rotatable bonds is 18. The van der Waals surface area contributed by atoms with Crippen molar-refractivity contribution in [2.75, 3.05) is 27.2 Å². The van der Waals surface area contributed by atoms with E-state index in [9.17, 15) is 38.4 Å². The number of benzene rings is 3. The zero-order valence-electron chi connectivity index (χ0n) is 42.5. The van der Waals surface area contributed by atoms with Gasteiger partial charge in [0.15, 0.2) is 0 Å². The summed E-state index contributed by atoms with van der Waals surface area (Å²) in [7, 11) is 3.23. The highest BCUT2D eigenvalue weighted by molar-refractivity contribution is 5.99. The topological polar surface area (TPSA) is 239 Å². The molecule has 0 aromatic heterocycles. The summed E-state index contributed by atoms with van der Waals surface area (Å²) in [6.45, 7) is 3.20. The van der Waals surface area contributed by atoms with Crippen LogP contribution in [0.2, 0.25) is 0 Å². The fourth-order valence-corrected chi connectivity index (χ4v) is 10.4. The van der Waals surface area contributed by atoms with Gasteiger partial charge in [-0.25, -0.2) is 0 Å². The largest absolute Gasteiger partial charge is 0.347 e. The molecule has 74 heavy (non-hydrogen) atoms. The number of fused-ring (bicyclic) bond motifs is 2. The zero-order valence-corrected chi connectivity index (χ0v) is 42.5. The molecule has 0 bridgehead atoms. The monoisotopic (exact) mass is 1010 g/mol. The Labute approximate surface area is 433 Å². The molecule has 0 saturated carbocycles. The van der Waals surface area contributed by atoms with Crippen LogP contribution in [0.4, 0.5) is 0 Å². The van der Waals surface area contributed by atoms with Crippen molar-refractivity contribution in [3.63, 3.8) is 0 Å². The Balaban J connectivity index is 1.04. The smallest absolute Gasteiger partial charge is 0.251 e. The van der Waals surface area contributed by atoms with Crippen molar-refractivity contribution in [3.05, 3.63) is 106 Å². The number of aryl methyl sites for hydroxylation is 2. The first-order valence-electron chi connectivity index (χ1n) is 25.6. The molecule has 7 rings (SSSR count). The molecule has 2 fully saturated rings. The standard InChI is InChI=1S/C56H68N10O8/c1-7-15-45(63-49(67)33(3)57-5)55(73)65-31-39(29-47(65)53(71)61-43-23-13-19-35-17-9-11-21-41(35)43)59-51(69)37-25-27-38(28-26-37)52(70)60-40-30-48(54(72)62-44-24-14-20-36-18-10-12-22-42(36)44)66(32-40)56(74)46(16-8-2)64-50(68)34(4)58-6/h1-2,9-12,17-18,21-22,25-28,33-34,39-40,43-48,57-58H,13-16,19-20,23-24,29-32H2,3-6H3,(H,59,69)(H,60,70)(H,61,71)(H,62,72)(H,63,67)(H,64,68)/t33-,34?,39-,40-,43+,44+,45-,46-,47-,48?/m0/s1. The van der Waals surface area contributed by atoms with Crippen molar-refractivity contribution >= 4 is 47.3 Å². The SMILES string of the molecule is C#CC[C@H](NC(=O)C(C)NC)C(=O)N1C[C@@H](NC(=O)c2ccc(C(=O)N[C@H]3C[C@@H](C(=O)N[C@@H]4CCCc5ccccc54)N(C(=O)[C@H](CC#C)NC(=O)[C@H](C)NC)C3)cc2)CC1C(=O)N[C@@H]1CCCc2ccccc21. The van der Waals surface area contributed by atoms with Crippen LogP contribution in [0.25, 0.3) is 0 Å².